The van der Waals surface area contributed by atoms with Crippen LogP contribution in [0.25, 0.3) is 0 Å². The molecule has 3 aliphatic rings. The molecule has 174 valence electrons. The van der Waals surface area contributed by atoms with E-state index in [1.165, 1.54) is 5.56 Å². The number of aliphatic carboxylic acids is 1. The van der Waals surface area contributed by atoms with Crippen LogP contribution in [0, 0.1) is 17.8 Å². The summed E-state index contributed by atoms with van der Waals surface area (Å²) in [6, 6.07) is 0. The number of amides is 1. The Hall–Kier alpha value is -2.18. The van der Waals surface area contributed by atoms with Gasteiger partial charge in [0.25, 0.3) is 5.91 Å². The summed E-state index contributed by atoms with van der Waals surface area (Å²) in [4.78, 5) is 29.7. The Morgan fingerprint density at radius 3 is 2.58 bits per heavy atom. The Labute approximate surface area is 177 Å². The Morgan fingerprint density at radius 2 is 2.00 bits per heavy atom. The van der Waals surface area contributed by atoms with Gasteiger partial charge in [0.2, 0.25) is 0 Å². The highest BCUT2D eigenvalue weighted by Crippen LogP contribution is 2.36. The van der Waals surface area contributed by atoms with E-state index in [0.717, 1.165) is 39.1 Å². The number of carboxylic acids is 1. The van der Waals surface area contributed by atoms with Gasteiger partial charge in [-0.05, 0) is 24.7 Å². The van der Waals surface area contributed by atoms with E-state index >= 15 is 0 Å². The van der Waals surface area contributed by atoms with E-state index < -0.39 is 12.1 Å². The Balaban J connectivity index is 0.000000339. The molecular formula is C19H27F3N4O5. The first-order valence-electron chi connectivity index (χ1n) is 10.2. The lowest BCUT2D eigenvalue weighted by Gasteiger charge is -2.36. The van der Waals surface area contributed by atoms with Crippen molar-refractivity contribution in [2.45, 2.75) is 25.6 Å². The third-order valence-electron chi connectivity index (χ3n) is 5.69. The summed E-state index contributed by atoms with van der Waals surface area (Å²) >= 11 is 0. The molecule has 3 fully saturated rings. The molecule has 9 nitrogen and oxygen atoms in total. The van der Waals surface area contributed by atoms with Crippen molar-refractivity contribution >= 4 is 11.9 Å². The number of carbonyl (C=O) groups is 2. The maximum Gasteiger partial charge on any atom is 0.490 e. The topological polar surface area (TPSA) is 97.1 Å². The van der Waals surface area contributed by atoms with Crippen LogP contribution in [0.4, 0.5) is 13.2 Å². The first-order valence-corrected chi connectivity index (χ1v) is 10.2. The summed E-state index contributed by atoms with van der Waals surface area (Å²) in [5.41, 5.74) is 1.22. The molecule has 1 amide bonds. The van der Waals surface area contributed by atoms with E-state index in [1.807, 2.05) is 17.9 Å². The number of alkyl halides is 3. The van der Waals surface area contributed by atoms with E-state index in [0.29, 0.717) is 31.6 Å². The number of aryl methyl sites for hydroxylation is 1. The largest absolute Gasteiger partial charge is 0.490 e. The number of rotatable bonds is 3. The molecule has 1 aromatic heterocycles. The van der Waals surface area contributed by atoms with Gasteiger partial charge in [-0.2, -0.15) is 18.3 Å². The highest BCUT2D eigenvalue weighted by molar-refractivity contribution is 5.78. The van der Waals surface area contributed by atoms with Crippen LogP contribution in [0.3, 0.4) is 0 Å². The molecule has 0 aromatic carbocycles. The van der Waals surface area contributed by atoms with Crippen LogP contribution in [0.5, 0.6) is 0 Å². The average Bonchev–Trinajstić information content (AvgIpc) is 3.33. The highest BCUT2D eigenvalue weighted by Gasteiger charge is 2.45. The quantitative estimate of drug-likeness (QED) is 0.745. The zero-order valence-electron chi connectivity index (χ0n) is 17.3. The average molecular weight is 448 g/mol. The van der Waals surface area contributed by atoms with Gasteiger partial charge in [-0.25, -0.2) is 9.86 Å². The van der Waals surface area contributed by atoms with E-state index in [-0.39, 0.29) is 11.8 Å². The Bertz CT molecular complexity index is 766. The van der Waals surface area contributed by atoms with Crippen LogP contribution in [0.1, 0.15) is 18.4 Å². The number of likely N-dealkylation sites (tertiary alicyclic amines) is 1. The lowest BCUT2D eigenvalue weighted by Crippen LogP contribution is -2.47. The summed E-state index contributed by atoms with van der Waals surface area (Å²) < 4.78 is 39.3. The Morgan fingerprint density at radius 1 is 1.26 bits per heavy atom. The molecule has 3 atom stereocenters. The molecule has 1 aromatic rings. The molecule has 0 bridgehead atoms. The Kier molecular flexibility index (Phi) is 7.55. The number of aromatic nitrogens is 2. The van der Waals surface area contributed by atoms with E-state index in [9.17, 15) is 18.0 Å². The van der Waals surface area contributed by atoms with Gasteiger partial charge in [0, 0.05) is 45.0 Å². The van der Waals surface area contributed by atoms with Gasteiger partial charge in [0.1, 0.15) is 0 Å². The molecule has 0 spiro atoms. The third kappa shape index (κ3) is 6.17. The molecule has 0 aliphatic carbocycles. The zero-order valence-corrected chi connectivity index (χ0v) is 17.3. The predicted molar refractivity (Wildman–Crippen MR) is 100 cm³/mol. The molecule has 12 heteroatoms. The predicted octanol–water partition coefficient (Wildman–Crippen LogP) is 1.30. The smallest absolute Gasteiger partial charge is 0.475 e. The van der Waals surface area contributed by atoms with Gasteiger partial charge in [-0.3, -0.25) is 19.2 Å². The van der Waals surface area contributed by atoms with Crippen molar-refractivity contribution in [3.8, 4) is 0 Å². The summed E-state index contributed by atoms with van der Waals surface area (Å²) in [5, 5.41) is 13.0. The van der Waals surface area contributed by atoms with Crippen LogP contribution in [-0.2, 0) is 32.8 Å². The molecule has 1 N–H and O–H groups in total. The first-order chi connectivity index (χ1) is 14.6. The van der Waals surface area contributed by atoms with Crippen LogP contribution < -0.4 is 0 Å². The SMILES string of the molecule is Cn1cc(CN2C[C@@H]3COC[C@@H](C(=O)N4CCCCO4)[C@@H]3C2)cn1.O=C(O)C(F)(F)F. The summed E-state index contributed by atoms with van der Waals surface area (Å²) in [5.74, 6) is -1.90. The van der Waals surface area contributed by atoms with Crippen molar-refractivity contribution in [1.82, 2.24) is 19.7 Å². The molecule has 0 radical (unpaired) electrons. The van der Waals surface area contributed by atoms with Crippen LogP contribution in [0.15, 0.2) is 12.4 Å². The fourth-order valence-electron chi connectivity index (χ4n) is 4.24. The summed E-state index contributed by atoms with van der Waals surface area (Å²) in [6.45, 7) is 5.49. The van der Waals surface area contributed by atoms with Crippen molar-refractivity contribution < 1.29 is 37.4 Å². The molecule has 4 heterocycles. The van der Waals surface area contributed by atoms with Crippen LogP contribution in [-0.4, -0.2) is 82.4 Å². The second-order valence-corrected chi connectivity index (χ2v) is 8.07. The number of hydroxylamine groups is 2. The molecule has 3 aliphatic heterocycles. The molecule has 3 saturated heterocycles. The summed E-state index contributed by atoms with van der Waals surface area (Å²) in [6.07, 6.45) is 0.960. The van der Waals surface area contributed by atoms with Gasteiger partial charge in [0.05, 0.1) is 31.9 Å². The van der Waals surface area contributed by atoms with Gasteiger partial charge in [0.15, 0.2) is 0 Å². The van der Waals surface area contributed by atoms with Crippen molar-refractivity contribution in [2.24, 2.45) is 24.8 Å². The number of nitrogens with zero attached hydrogens (tertiary/aromatic N) is 4. The first kappa shape index (κ1) is 23.5. The maximum absolute atomic E-state index is 12.9. The lowest BCUT2D eigenvalue weighted by molar-refractivity contribution is -0.207. The van der Waals surface area contributed by atoms with Gasteiger partial charge >= 0.3 is 12.1 Å². The second-order valence-electron chi connectivity index (χ2n) is 8.07. The van der Waals surface area contributed by atoms with Crippen molar-refractivity contribution in [3.05, 3.63) is 18.0 Å². The normalized spacial score (nSPS) is 26.7. The number of hydrogen-bond acceptors (Lipinski definition) is 6. The molecule has 31 heavy (non-hydrogen) atoms. The monoisotopic (exact) mass is 448 g/mol. The molecular weight excluding hydrogens is 421 g/mol. The number of fused-ring (bicyclic) bond motifs is 1. The lowest BCUT2D eigenvalue weighted by atomic mass is 9.82. The highest BCUT2D eigenvalue weighted by atomic mass is 19.4. The fraction of sp³-hybridized carbons (Fsp3) is 0.737. The van der Waals surface area contributed by atoms with Crippen molar-refractivity contribution in [3.63, 3.8) is 0 Å². The van der Waals surface area contributed by atoms with E-state index in [4.69, 9.17) is 19.5 Å². The number of carboxylic acid groups (broad SMARTS) is 1. The maximum atomic E-state index is 12.9. The molecule has 0 unspecified atom stereocenters. The summed E-state index contributed by atoms with van der Waals surface area (Å²) in [7, 11) is 1.94. The number of hydrogen-bond donors (Lipinski definition) is 1. The minimum Gasteiger partial charge on any atom is -0.475 e. The second kappa shape index (κ2) is 9.96. The molecule has 0 saturated carbocycles. The van der Waals surface area contributed by atoms with Crippen molar-refractivity contribution in [2.75, 3.05) is 39.5 Å². The van der Waals surface area contributed by atoms with Crippen molar-refractivity contribution in [1.29, 1.82) is 0 Å². The standard InChI is InChI=1S/C17H26N4O3.C2HF3O2/c1-19-7-13(6-18-19)8-20-9-14-11-23-12-16(15(14)10-20)17(22)21-4-2-3-5-24-21;3-2(4,5)1(6)7/h6-7,14-16H,2-5,8-12H2,1H3;(H,6,7)/t14-,15-,16-;/m1./s1. The van der Waals surface area contributed by atoms with Gasteiger partial charge in [-0.1, -0.05) is 0 Å². The van der Waals surface area contributed by atoms with E-state index in [2.05, 4.69) is 16.2 Å². The van der Waals surface area contributed by atoms with Gasteiger partial charge < -0.3 is 9.84 Å². The number of ether oxygens (including phenoxy) is 1. The van der Waals surface area contributed by atoms with E-state index in [1.54, 1.807) is 5.06 Å². The zero-order chi connectivity index (χ0) is 22.6. The minimum atomic E-state index is -5.08. The van der Waals surface area contributed by atoms with Crippen LogP contribution in [0.2, 0.25) is 0 Å². The number of carbonyl (C=O) groups excluding carboxylic acids is 1. The van der Waals surface area contributed by atoms with Crippen LogP contribution >= 0.6 is 0 Å². The number of halogens is 3. The fourth-order valence-corrected chi connectivity index (χ4v) is 4.24. The van der Waals surface area contributed by atoms with Gasteiger partial charge in [-0.15, -0.1) is 0 Å². The molecule has 4 rings (SSSR count). The minimum absolute atomic E-state index is 0.0688. The third-order valence-corrected chi connectivity index (χ3v) is 5.69.